The van der Waals surface area contributed by atoms with Crippen LogP contribution in [0.15, 0.2) is 132 Å². The number of hydrogen-bond acceptors (Lipinski definition) is 7. The first-order chi connectivity index (χ1) is 20.6. The molecule has 8 rings (SSSR count). The molecule has 7 heteroatoms. The third-order valence-electron chi connectivity index (χ3n) is 7.65. The van der Waals surface area contributed by atoms with Crippen LogP contribution in [0.25, 0.3) is 0 Å². The number of benzene rings is 4. The largest absolute Gasteiger partial charge is 0.400 e. The second kappa shape index (κ2) is 10.9. The summed E-state index contributed by atoms with van der Waals surface area (Å²) < 4.78 is 0. The van der Waals surface area contributed by atoms with E-state index in [4.69, 9.17) is 5.11 Å². The zero-order chi connectivity index (χ0) is 29.4. The summed E-state index contributed by atoms with van der Waals surface area (Å²) in [6.07, 6.45) is 3.73. The van der Waals surface area contributed by atoms with Crippen LogP contribution >= 0.6 is 0 Å². The van der Waals surface area contributed by atoms with Crippen LogP contribution in [0.4, 0.5) is 22.7 Å². The molecule has 4 aromatic rings. The molecular weight excluding hydrogens is 524 g/mol. The minimum atomic E-state index is -0.0497. The number of rotatable bonds is 2. The summed E-state index contributed by atoms with van der Waals surface area (Å²) in [5.41, 5.74) is 7.12. The lowest BCUT2D eigenvalue weighted by Crippen LogP contribution is -2.35. The van der Waals surface area contributed by atoms with E-state index < -0.39 is 0 Å². The van der Waals surface area contributed by atoms with E-state index in [-0.39, 0.29) is 23.7 Å². The Kier molecular flexibility index (Phi) is 6.94. The fourth-order valence-electron chi connectivity index (χ4n) is 5.86. The number of nitrogens with zero attached hydrogens (tertiary/aromatic N) is 4. The van der Waals surface area contributed by atoms with Gasteiger partial charge in [0.2, 0.25) is 11.6 Å². The molecule has 206 valence electrons. The van der Waals surface area contributed by atoms with Crippen molar-refractivity contribution in [3.05, 3.63) is 145 Å². The van der Waals surface area contributed by atoms with Gasteiger partial charge in [0, 0.05) is 29.4 Å². The van der Waals surface area contributed by atoms with Crippen LogP contribution in [0.1, 0.15) is 43.9 Å². The van der Waals surface area contributed by atoms with E-state index in [9.17, 15) is 9.59 Å². The molecule has 2 atom stereocenters. The maximum atomic E-state index is 12.5. The normalized spacial score (nSPS) is 18.2. The third-order valence-corrected chi connectivity index (χ3v) is 7.65. The van der Waals surface area contributed by atoms with E-state index >= 15 is 0 Å². The molecule has 0 fully saturated rings. The number of aliphatic hydroxyl groups is 1. The molecule has 0 aromatic heterocycles. The van der Waals surface area contributed by atoms with E-state index in [2.05, 4.69) is 23.1 Å². The van der Waals surface area contributed by atoms with Gasteiger partial charge in [-0.1, -0.05) is 72.8 Å². The zero-order valence-electron chi connectivity index (χ0n) is 23.0. The maximum Gasteiger partial charge on any atom is 0.230 e. The molecule has 0 bridgehead atoms. The van der Waals surface area contributed by atoms with Crippen LogP contribution in [0.3, 0.4) is 0 Å². The Morgan fingerprint density at radius 3 is 1.36 bits per heavy atom. The monoisotopic (exact) mass is 552 g/mol. The van der Waals surface area contributed by atoms with Crippen molar-refractivity contribution in [1.29, 1.82) is 0 Å². The highest BCUT2D eigenvalue weighted by Gasteiger charge is 2.41. The van der Waals surface area contributed by atoms with Crippen molar-refractivity contribution < 1.29 is 14.7 Å². The molecule has 1 N–H and O–H groups in total. The average molecular weight is 553 g/mol. The van der Waals surface area contributed by atoms with Gasteiger partial charge in [0.15, 0.2) is 11.7 Å². The van der Waals surface area contributed by atoms with Gasteiger partial charge in [0.25, 0.3) is 0 Å². The predicted molar refractivity (Wildman–Crippen MR) is 168 cm³/mol. The van der Waals surface area contributed by atoms with Crippen LogP contribution in [0.5, 0.6) is 0 Å². The maximum absolute atomic E-state index is 12.5. The van der Waals surface area contributed by atoms with Crippen LogP contribution in [-0.2, 0) is 0 Å². The number of amidine groups is 2. The van der Waals surface area contributed by atoms with Crippen molar-refractivity contribution >= 4 is 46.0 Å². The molecule has 4 aliphatic heterocycles. The van der Waals surface area contributed by atoms with Gasteiger partial charge < -0.3 is 14.9 Å². The molecular formula is C35H28N4O3. The highest BCUT2D eigenvalue weighted by Crippen LogP contribution is 2.45. The minimum Gasteiger partial charge on any atom is -0.400 e. The predicted octanol–water partition coefficient (Wildman–Crippen LogP) is 6.93. The first kappa shape index (κ1) is 26.8. The lowest BCUT2D eigenvalue weighted by atomic mass is 10.0. The first-order valence-corrected chi connectivity index (χ1v) is 13.5. The number of ketones is 2. The van der Waals surface area contributed by atoms with Crippen LogP contribution in [0, 0.1) is 0 Å². The molecule has 0 saturated carbocycles. The number of aliphatic imine (C=N–C) groups is 2. The third kappa shape index (κ3) is 4.02. The Hall–Kier alpha value is -5.40. The number of carbonyl (C=O) groups excluding carboxylic acids is 2. The standard InChI is InChI=1S/2C17H12N2O.CH4O/c2*1-2-14-11-7-3-5-9-13(11)18-17-16(20)12-8-4-6-10-15(12)19(14)17;1-2/h2*2-10,14H,1H2;2H,1H3/t2*14-;/m00./s1. The number of para-hydroxylation sites is 4. The summed E-state index contributed by atoms with van der Waals surface area (Å²) in [4.78, 5) is 38.0. The van der Waals surface area contributed by atoms with Crippen molar-refractivity contribution in [2.24, 2.45) is 9.98 Å². The second-order valence-corrected chi connectivity index (χ2v) is 9.78. The summed E-state index contributed by atoms with van der Waals surface area (Å²) in [6.45, 7) is 7.87. The Balaban J connectivity index is 0.000000142. The summed E-state index contributed by atoms with van der Waals surface area (Å²) >= 11 is 0. The zero-order valence-corrected chi connectivity index (χ0v) is 23.0. The van der Waals surface area contributed by atoms with Gasteiger partial charge in [-0.15, -0.1) is 13.2 Å². The van der Waals surface area contributed by atoms with E-state index in [1.54, 1.807) is 0 Å². The van der Waals surface area contributed by atoms with Gasteiger partial charge in [-0.05, 0) is 36.4 Å². The number of Topliss-reactive ketones (excluding diaryl/α,β-unsaturated/α-hetero) is 2. The fourth-order valence-corrected chi connectivity index (χ4v) is 5.86. The highest BCUT2D eigenvalue weighted by atomic mass is 16.2. The van der Waals surface area contributed by atoms with Crippen molar-refractivity contribution in [1.82, 2.24) is 0 Å². The van der Waals surface area contributed by atoms with Crippen LogP contribution < -0.4 is 9.80 Å². The van der Waals surface area contributed by atoms with Crippen molar-refractivity contribution in [2.75, 3.05) is 16.9 Å². The highest BCUT2D eigenvalue weighted by molar-refractivity contribution is 6.55. The van der Waals surface area contributed by atoms with Gasteiger partial charge in [0.05, 0.1) is 34.8 Å². The molecule has 4 aliphatic rings. The average Bonchev–Trinajstić information content (AvgIpc) is 3.50. The smallest absolute Gasteiger partial charge is 0.230 e. The number of hydrogen-bond donors (Lipinski definition) is 1. The first-order valence-electron chi connectivity index (χ1n) is 13.5. The SMILES string of the molecule is C=C[C@H]1c2ccccc2N=C2C(=O)c3ccccc3N21.C=C[C@H]1c2ccccc2N=C2C(=O)c3ccccc3N21.CO. The fraction of sp³-hybridized carbons (Fsp3) is 0.0857. The van der Waals surface area contributed by atoms with Crippen molar-refractivity contribution in [3.63, 3.8) is 0 Å². The minimum absolute atomic E-state index is 0.0121. The summed E-state index contributed by atoms with van der Waals surface area (Å²) in [7, 11) is 1.00. The van der Waals surface area contributed by atoms with E-state index in [1.807, 2.05) is 119 Å². The molecule has 4 heterocycles. The number of carbonyl (C=O) groups is 2. The molecule has 0 unspecified atom stereocenters. The summed E-state index contributed by atoms with van der Waals surface area (Å²) in [5.74, 6) is 0.966. The molecule has 42 heavy (non-hydrogen) atoms. The number of fused-ring (bicyclic) bond motifs is 8. The quantitative estimate of drug-likeness (QED) is 0.273. The molecule has 0 amide bonds. The summed E-state index contributed by atoms with van der Waals surface area (Å²) in [5, 5.41) is 7.00. The van der Waals surface area contributed by atoms with Crippen molar-refractivity contribution in [3.8, 4) is 0 Å². The molecule has 0 aliphatic carbocycles. The number of aliphatic hydroxyl groups excluding tert-OH is 1. The molecule has 4 aromatic carbocycles. The van der Waals surface area contributed by atoms with Crippen LogP contribution in [0.2, 0.25) is 0 Å². The van der Waals surface area contributed by atoms with Gasteiger partial charge in [-0.3, -0.25) is 9.59 Å². The second-order valence-electron chi connectivity index (χ2n) is 9.78. The molecule has 0 saturated heterocycles. The Morgan fingerprint density at radius 1 is 0.595 bits per heavy atom. The van der Waals surface area contributed by atoms with Gasteiger partial charge in [-0.25, -0.2) is 9.98 Å². The van der Waals surface area contributed by atoms with Gasteiger partial charge in [-0.2, -0.15) is 0 Å². The molecule has 0 spiro atoms. The molecule has 7 nitrogen and oxygen atoms in total. The van der Waals surface area contributed by atoms with Gasteiger partial charge >= 0.3 is 0 Å². The van der Waals surface area contributed by atoms with Crippen LogP contribution in [-0.4, -0.2) is 35.5 Å². The summed E-state index contributed by atoms with van der Waals surface area (Å²) in [6, 6.07) is 30.9. The Morgan fingerprint density at radius 2 is 0.952 bits per heavy atom. The van der Waals surface area contributed by atoms with E-state index in [0.29, 0.717) is 22.8 Å². The number of anilines is 2. The van der Waals surface area contributed by atoms with Gasteiger partial charge in [0.1, 0.15) is 0 Å². The Labute approximate surface area is 244 Å². The molecule has 0 radical (unpaired) electrons. The lowest BCUT2D eigenvalue weighted by Gasteiger charge is -2.32. The topological polar surface area (TPSA) is 85.6 Å². The van der Waals surface area contributed by atoms with E-state index in [1.165, 1.54) is 0 Å². The lowest BCUT2D eigenvalue weighted by molar-refractivity contribution is 0.106. The Bertz CT molecular complexity index is 1690. The van der Waals surface area contributed by atoms with Crippen molar-refractivity contribution in [2.45, 2.75) is 12.1 Å². The van der Waals surface area contributed by atoms with E-state index in [0.717, 1.165) is 41.0 Å².